The van der Waals surface area contributed by atoms with Crippen LogP contribution in [0.25, 0.3) is 22.8 Å². The minimum absolute atomic E-state index is 0. The van der Waals surface area contributed by atoms with Gasteiger partial charge in [-0.15, -0.1) is 15.9 Å². The van der Waals surface area contributed by atoms with E-state index >= 15 is 0 Å². The topological polar surface area (TPSA) is 273 Å². The Bertz CT molecular complexity index is 1570. The van der Waals surface area contributed by atoms with Gasteiger partial charge in [-0.05, 0) is 61.4 Å². The van der Waals surface area contributed by atoms with Gasteiger partial charge in [-0.3, -0.25) is 4.90 Å². The normalized spacial score (nSPS) is 11.2. The van der Waals surface area contributed by atoms with Crippen LogP contribution in [-0.4, -0.2) is 42.8 Å². The molecule has 50 heavy (non-hydrogen) atoms. The zero-order valence-corrected chi connectivity index (χ0v) is 42.3. The molecule has 4 heterocycles. The molecular formula is C27H21N5Na6O10P2. The van der Waals surface area contributed by atoms with Crippen molar-refractivity contribution in [2.75, 3.05) is 0 Å². The van der Waals surface area contributed by atoms with Gasteiger partial charge in [-0.2, -0.15) is 0 Å². The third-order valence-electron chi connectivity index (χ3n) is 6.23. The van der Waals surface area contributed by atoms with Gasteiger partial charge in [0.1, 0.15) is 0 Å². The van der Waals surface area contributed by atoms with Gasteiger partial charge in [0.05, 0.1) is 46.2 Å². The van der Waals surface area contributed by atoms with Crippen LogP contribution in [0.5, 0.6) is 0 Å². The summed E-state index contributed by atoms with van der Waals surface area (Å²) in [5.41, 5.74) is -0.315. The first-order valence-electron chi connectivity index (χ1n) is 12.8. The predicted octanol–water partition coefficient (Wildman–Crippen LogP) is -23.8. The molecule has 4 aromatic heterocycles. The van der Waals surface area contributed by atoms with E-state index in [2.05, 4.69) is 19.9 Å². The molecule has 0 saturated heterocycles. The maximum absolute atomic E-state index is 12.2. The van der Waals surface area contributed by atoms with Crippen molar-refractivity contribution in [3.63, 3.8) is 0 Å². The Hall–Kier alpha value is 2.12. The Balaban J connectivity index is -0.00000368. The van der Waals surface area contributed by atoms with E-state index in [-0.39, 0.29) is 231 Å². The largest absolute Gasteiger partial charge is 1.00 e. The van der Waals surface area contributed by atoms with Crippen LogP contribution in [0.15, 0.2) is 72.8 Å². The molecule has 230 valence electrons. The van der Waals surface area contributed by atoms with Gasteiger partial charge in [0.15, 0.2) is 10.9 Å². The molecular weight excluding hydrogens is 754 g/mol. The predicted molar refractivity (Wildman–Crippen MR) is 140 cm³/mol. The number of carbonyl (C=O) groups excluding carboxylic acids is 2. The molecule has 0 aliphatic rings. The first-order valence-corrected chi connectivity index (χ1v) is 15.9. The molecule has 23 heteroatoms. The van der Waals surface area contributed by atoms with E-state index in [1.54, 1.807) is 24.3 Å². The zero-order chi connectivity index (χ0) is 32.1. The molecule has 0 amide bonds. The maximum atomic E-state index is 12.2. The Morgan fingerprint density at radius 1 is 0.560 bits per heavy atom. The molecule has 0 aliphatic heterocycles. The Morgan fingerprint density at radius 2 is 0.900 bits per heavy atom. The third kappa shape index (κ3) is 17.5. The monoisotopic (exact) mass is 775 g/mol. The fourth-order valence-electron chi connectivity index (χ4n) is 4.25. The van der Waals surface area contributed by atoms with Crippen LogP contribution in [0, 0.1) is 0 Å². The quantitative estimate of drug-likeness (QED) is 0.0901. The number of carboxylic acid groups (broad SMARTS) is 2. The SMILES string of the molecule is O=C([O-])CCC(C(=O)[O-])N(Cc1cccc(-c2cccc([P+]([O-])([O-])[O-])n2)n1)Cc1cccc(-c2cccc([P+]([O-])([O-])[O-])n2)n1.[Na+].[Na+].[Na+].[Na+].[Na+].[Na+]. The van der Waals surface area contributed by atoms with E-state index in [0.29, 0.717) is 0 Å². The summed E-state index contributed by atoms with van der Waals surface area (Å²) in [5, 5.41) is 23.3. The second kappa shape index (κ2) is 26.1. The van der Waals surface area contributed by atoms with Crippen molar-refractivity contribution in [2.24, 2.45) is 0 Å². The van der Waals surface area contributed by atoms with E-state index in [9.17, 15) is 49.2 Å². The molecule has 0 fully saturated rings. The number of hydrogen-bond acceptors (Lipinski definition) is 15. The Kier molecular flexibility index (Phi) is 29.5. The number of nitrogens with zero attached hydrogens (tertiary/aromatic N) is 5. The van der Waals surface area contributed by atoms with Crippen LogP contribution in [0.1, 0.15) is 24.2 Å². The van der Waals surface area contributed by atoms with Crippen LogP contribution in [0.4, 0.5) is 0 Å². The molecule has 0 bridgehead atoms. The Labute approximate surface area is 422 Å². The van der Waals surface area contributed by atoms with Gasteiger partial charge in [-0.1, -0.05) is 24.3 Å². The van der Waals surface area contributed by atoms with Crippen molar-refractivity contribution >= 4 is 38.7 Å². The second-order valence-electron chi connectivity index (χ2n) is 9.44. The zero-order valence-electron chi connectivity index (χ0n) is 28.5. The van der Waals surface area contributed by atoms with E-state index in [0.717, 1.165) is 12.1 Å². The number of rotatable bonds is 13. The fourth-order valence-corrected chi connectivity index (χ4v) is 5.25. The van der Waals surface area contributed by atoms with Crippen molar-refractivity contribution in [2.45, 2.75) is 32.0 Å². The number of carbonyl (C=O) groups is 2. The van der Waals surface area contributed by atoms with Gasteiger partial charge in [0, 0.05) is 19.1 Å². The summed E-state index contributed by atoms with van der Waals surface area (Å²) in [6.45, 7) is -0.369. The van der Waals surface area contributed by atoms with Crippen LogP contribution >= 0.6 is 15.9 Å². The van der Waals surface area contributed by atoms with Crippen LogP contribution < -0.4 is 228 Å². The average Bonchev–Trinajstić information content (AvgIpc) is 2.96. The summed E-state index contributed by atoms with van der Waals surface area (Å²) in [7, 11) is -10.3. The summed E-state index contributed by atoms with van der Waals surface area (Å²) in [6, 6.07) is 15.3. The average molecular weight is 775 g/mol. The summed E-state index contributed by atoms with van der Waals surface area (Å²) in [5.74, 6) is -3.05. The molecule has 0 aromatic carbocycles. The molecule has 4 aromatic rings. The molecule has 0 aliphatic carbocycles. The first-order chi connectivity index (χ1) is 20.7. The number of aromatic nitrogens is 4. The first kappa shape index (κ1) is 56.5. The molecule has 0 radical (unpaired) electrons. The van der Waals surface area contributed by atoms with E-state index in [1.165, 1.54) is 41.3 Å². The van der Waals surface area contributed by atoms with Crippen molar-refractivity contribution in [3.8, 4) is 22.8 Å². The van der Waals surface area contributed by atoms with Gasteiger partial charge < -0.3 is 49.2 Å². The number of aliphatic carboxylic acids is 2. The summed E-state index contributed by atoms with van der Waals surface area (Å²) in [4.78, 5) is 110. The minimum Gasteiger partial charge on any atom is -0.682 e. The molecule has 4 rings (SSSR count). The van der Waals surface area contributed by atoms with Gasteiger partial charge >= 0.3 is 177 Å². The number of hydrogen-bond donors (Lipinski definition) is 0. The third-order valence-corrected chi connectivity index (χ3v) is 7.85. The van der Waals surface area contributed by atoms with Gasteiger partial charge in [0.25, 0.3) is 0 Å². The molecule has 0 N–H and O–H groups in total. The van der Waals surface area contributed by atoms with Crippen molar-refractivity contribution in [3.05, 3.63) is 84.2 Å². The Morgan fingerprint density at radius 3 is 1.22 bits per heavy atom. The minimum atomic E-state index is -5.15. The van der Waals surface area contributed by atoms with Crippen molar-refractivity contribution in [1.82, 2.24) is 24.8 Å². The molecule has 1 atom stereocenters. The van der Waals surface area contributed by atoms with E-state index in [1.807, 2.05) is 0 Å². The summed E-state index contributed by atoms with van der Waals surface area (Å²) < 4.78 is 0. The number of pyridine rings is 4. The van der Waals surface area contributed by atoms with Gasteiger partial charge in [0.2, 0.25) is 0 Å². The molecule has 0 saturated carbocycles. The van der Waals surface area contributed by atoms with E-state index < -0.39 is 51.2 Å². The van der Waals surface area contributed by atoms with Crippen LogP contribution in [0.3, 0.4) is 0 Å². The summed E-state index contributed by atoms with van der Waals surface area (Å²) in [6.07, 6.45) is -0.986. The molecule has 0 spiro atoms. The van der Waals surface area contributed by atoms with Gasteiger partial charge in [-0.25, -0.2) is 19.9 Å². The fraction of sp³-hybridized carbons (Fsp3) is 0.185. The smallest absolute Gasteiger partial charge is 0.682 e. The van der Waals surface area contributed by atoms with E-state index in [4.69, 9.17) is 0 Å². The molecule has 15 nitrogen and oxygen atoms in total. The summed E-state index contributed by atoms with van der Waals surface area (Å²) >= 11 is 0. The van der Waals surface area contributed by atoms with Crippen LogP contribution in [-0.2, 0) is 22.7 Å². The molecule has 1 unspecified atom stereocenters. The second-order valence-corrected chi connectivity index (χ2v) is 12.3. The maximum Gasteiger partial charge on any atom is 1.00 e. The standard InChI is InChI=1S/C27H27N5O10P2.6Na/c33-26(34)14-13-23(27(35)36)32(15-17-5-1-7-19(28-17)21-9-3-11-24(30-21)43(37,38)39)16-18-6-2-8-20(29-18)22-10-4-12-25(31-22)44(40,41)42;;;;;;/h1-12,23H,13-16H2,(H,33,34)(H,35,36)(H2,37,38,39)(H2,40,41,42);;;;;;/q;6*+1/p-6. The number of carboxylic acids is 2. The van der Waals surface area contributed by atoms with Crippen LogP contribution in [0.2, 0.25) is 0 Å². The van der Waals surface area contributed by atoms with Crippen molar-refractivity contribution in [1.29, 1.82) is 0 Å². The van der Waals surface area contributed by atoms with Crippen molar-refractivity contribution < 1.29 is 227 Å².